The van der Waals surface area contributed by atoms with E-state index in [9.17, 15) is 8.42 Å². The van der Waals surface area contributed by atoms with Crippen LogP contribution in [0.3, 0.4) is 0 Å². The predicted octanol–water partition coefficient (Wildman–Crippen LogP) is 4.34. The van der Waals surface area contributed by atoms with Gasteiger partial charge in [-0.3, -0.25) is 0 Å². The number of unbranched alkanes of at least 4 members (excludes halogenated alkanes) is 8. The molecule has 0 N–H and O–H groups in total. The van der Waals surface area contributed by atoms with Gasteiger partial charge in [-0.05, 0) is 12.8 Å². The fourth-order valence-electron chi connectivity index (χ4n) is 1.95. The predicted molar refractivity (Wildman–Crippen MR) is 76.2 cm³/mol. The van der Waals surface area contributed by atoms with Gasteiger partial charge in [0, 0.05) is 0 Å². The molecule has 0 aliphatic carbocycles. The van der Waals surface area contributed by atoms with E-state index >= 15 is 0 Å². The number of hydrogen-bond donors (Lipinski definition) is 0. The Morgan fingerprint density at radius 3 is 1.29 bits per heavy atom. The normalized spacial score (nSPS) is 11.9. The van der Waals surface area contributed by atoms with Gasteiger partial charge in [-0.15, -0.1) is 0 Å². The molecule has 0 bridgehead atoms. The quantitative estimate of drug-likeness (QED) is 0.490. The van der Waals surface area contributed by atoms with Gasteiger partial charge in [-0.1, -0.05) is 65.2 Å². The molecule has 0 aliphatic rings. The van der Waals surface area contributed by atoms with E-state index in [-0.39, 0.29) is 0 Å². The molecule has 0 amide bonds. The average Bonchev–Trinajstić information content (AvgIpc) is 2.28. The summed E-state index contributed by atoms with van der Waals surface area (Å²) in [6, 6.07) is 0. The Balaban J connectivity index is 3.46. The molecule has 0 saturated carbocycles. The minimum atomic E-state index is -2.76. The van der Waals surface area contributed by atoms with Crippen molar-refractivity contribution in [2.45, 2.75) is 78.1 Å². The molecule has 0 radical (unpaired) electrons. The smallest absolute Gasteiger partial charge is 0.150 e. The molecule has 0 aromatic rings. The monoisotopic (exact) mass is 262 g/mol. The minimum Gasteiger partial charge on any atom is -0.229 e. The molecule has 0 spiro atoms. The fourth-order valence-corrected chi connectivity index (χ4v) is 3.45. The summed E-state index contributed by atoms with van der Waals surface area (Å²) < 4.78 is 23.4. The van der Waals surface area contributed by atoms with Crippen LogP contribution in [0.1, 0.15) is 78.1 Å². The first-order valence-electron chi connectivity index (χ1n) is 7.32. The van der Waals surface area contributed by atoms with Crippen LogP contribution in [-0.4, -0.2) is 19.9 Å². The zero-order valence-electron chi connectivity index (χ0n) is 11.7. The maximum Gasteiger partial charge on any atom is 0.150 e. The van der Waals surface area contributed by atoms with E-state index < -0.39 is 9.84 Å². The molecular weight excluding hydrogens is 232 g/mol. The Labute approximate surface area is 108 Å². The van der Waals surface area contributed by atoms with Crippen LogP contribution in [0.15, 0.2) is 0 Å². The summed E-state index contributed by atoms with van der Waals surface area (Å²) in [4.78, 5) is 0. The van der Waals surface area contributed by atoms with Gasteiger partial charge in [0.1, 0.15) is 9.84 Å². The molecule has 2 nitrogen and oxygen atoms in total. The van der Waals surface area contributed by atoms with Gasteiger partial charge < -0.3 is 0 Å². The van der Waals surface area contributed by atoms with Crippen molar-refractivity contribution < 1.29 is 8.42 Å². The third-order valence-electron chi connectivity index (χ3n) is 3.12. The van der Waals surface area contributed by atoms with Gasteiger partial charge in [0.25, 0.3) is 0 Å². The molecule has 104 valence electrons. The summed E-state index contributed by atoms with van der Waals surface area (Å²) in [6.07, 6.45) is 11.1. The Kier molecular flexibility index (Phi) is 11.0. The Bertz CT molecular complexity index is 225. The summed E-state index contributed by atoms with van der Waals surface area (Å²) in [5.41, 5.74) is 0. The molecule has 0 atom stereocenters. The molecule has 0 aromatic carbocycles. The van der Waals surface area contributed by atoms with Gasteiger partial charge in [0.2, 0.25) is 0 Å². The average molecular weight is 262 g/mol. The lowest BCUT2D eigenvalue weighted by Gasteiger charge is -2.04. The Hall–Kier alpha value is -0.0500. The number of rotatable bonds is 12. The highest BCUT2D eigenvalue weighted by atomic mass is 32.2. The van der Waals surface area contributed by atoms with E-state index in [1.54, 1.807) is 0 Å². The largest absolute Gasteiger partial charge is 0.229 e. The lowest BCUT2D eigenvalue weighted by Crippen LogP contribution is -2.11. The van der Waals surface area contributed by atoms with Gasteiger partial charge >= 0.3 is 0 Å². The van der Waals surface area contributed by atoms with Crippen molar-refractivity contribution in [2.75, 3.05) is 11.5 Å². The lowest BCUT2D eigenvalue weighted by atomic mass is 10.2. The van der Waals surface area contributed by atoms with Crippen LogP contribution >= 0.6 is 0 Å². The maximum absolute atomic E-state index is 11.7. The fraction of sp³-hybridized carbons (Fsp3) is 1.00. The van der Waals surface area contributed by atoms with Gasteiger partial charge in [0.05, 0.1) is 11.5 Å². The van der Waals surface area contributed by atoms with Crippen LogP contribution in [0.4, 0.5) is 0 Å². The second-order valence-electron chi connectivity index (χ2n) is 4.98. The number of hydrogen-bond acceptors (Lipinski definition) is 2. The van der Waals surface area contributed by atoms with Crippen molar-refractivity contribution in [3.05, 3.63) is 0 Å². The van der Waals surface area contributed by atoms with Crippen LogP contribution < -0.4 is 0 Å². The summed E-state index contributed by atoms with van der Waals surface area (Å²) in [6.45, 7) is 4.35. The molecule has 3 heteroatoms. The van der Waals surface area contributed by atoms with Crippen molar-refractivity contribution in [3.8, 4) is 0 Å². The van der Waals surface area contributed by atoms with E-state index in [1.807, 2.05) is 0 Å². The summed E-state index contributed by atoms with van der Waals surface area (Å²) in [7, 11) is -2.76. The highest BCUT2D eigenvalue weighted by Gasteiger charge is 2.09. The SMILES string of the molecule is CCCCCCCS(=O)(=O)CCCCCCC. The summed E-state index contributed by atoms with van der Waals surface area (Å²) in [5.74, 6) is 0.814. The summed E-state index contributed by atoms with van der Waals surface area (Å²) in [5, 5.41) is 0. The zero-order chi connectivity index (χ0) is 13.0. The third-order valence-corrected chi connectivity index (χ3v) is 4.94. The second kappa shape index (κ2) is 11.1. The van der Waals surface area contributed by atoms with E-state index in [2.05, 4.69) is 13.8 Å². The topological polar surface area (TPSA) is 34.1 Å². The molecule has 0 unspecified atom stereocenters. The van der Waals surface area contributed by atoms with E-state index in [1.165, 1.54) is 38.5 Å². The van der Waals surface area contributed by atoms with Crippen LogP contribution in [0.25, 0.3) is 0 Å². The highest BCUT2D eigenvalue weighted by Crippen LogP contribution is 2.08. The van der Waals surface area contributed by atoms with Gasteiger partial charge in [-0.25, -0.2) is 8.42 Å². The molecule has 17 heavy (non-hydrogen) atoms. The molecule has 0 fully saturated rings. The lowest BCUT2D eigenvalue weighted by molar-refractivity contribution is 0.579. The van der Waals surface area contributed by atoms with Crippen molar-refractivity contribution in [1.29, 1.82) is 0 Å². The minimum absolute atomic E-state index is 0.407. The van der Waals surface area contributed by atoms with Crippen LogP contribution in [0, 0.1) is 0 Å². The van der Waals surface area contributed by atoms with E-state index in [0.29, 0.717) is 11.5 Å². The number of sulfone groups is 1. The standard InChI is InChI=1S/C14H30O2S/c1-3-5-7-9-11-13-17(15,16)14-12-10-8-6-4-2/h3-14H2,1-2H3. The van der Waals surface area contributed by atoms with Crippen LogP contribution in [0.5, 0.6) is 0 Å². The summed E-state index contributed by atoms with van der Waals surface area (Å²) >= 11 is 0. The van der Waals surface area contributed by atoms with Crippen molar-refractivity contribution in [3.63, 3.8) is 0 Å². The first kappa shape index (κ1) is 16.9. The molecule has 0 heterocycles. The molecule has 0 saturated heterocycles. The first-order chi connectivity index (χ1) is 8.12. The van der Waals surface area contributed by atoms with Crippen molar-refractivity contribution in [1.82, 2.24) is 0 Å². The van der Waals surface area contributed by atoms with Gasteiger partial charge in [-0.2, -0.15) is 0 Å². The molecule has 0 rings (SSSR count). The van der Waals surface area contributed by atoms with Crippen LogP contribution in [0.2, 0.25) is 0 Å². The zero-order valence-corrected chi connectivity index (χ0v) is 12.5. The molecular formula is C14H30O2S. The van der Waals surface area contributed by atoms with Crippen molar-refractivity contribution >= 4 is 9.84 Å². The molecule has 0 aliphatic heterocycles. The van der Waals surface area contributed by atoms with E-state index in [4.69, 9.17) is 0 Å². The second-order valence-corrected chi connectivity index (χ2v) is 7.28. The van der Waals surface area contributed by atoms with Crippen molar-refractivity contribution in [2.24, 2.45) is 0 Å². The first-order valence-corrected chi connectivity index (χ1v) is 9.15. The molecule has 0 aromatic heterocycles. The van der Waals surface area contributed by atoms with Crippen LogP contribution in [-0.2, 0) is 9.84 Å². The Morgan fingerprint density at radius 1 is 0.588 bits per heavy atom. The maximum atomic E-state index is 11.7. The van der Waals surface area contributed by atoms with E-state index in [0.717, 1.165) is 25.7 Å². The van der Waals surface area contributed by atoms with Gasteiger partial charge in [0.15, 0.2) is 0 Å². The third kappa shape index (κ3) is 12.2. The Morgan fingerprint density at radius 2 is 0.941 bits per heavy atom. The highest BCUT2D eigenvalue weighted by molar-refractivity contribution is 7.91.